The fourth-order valence-corrected chi connectivity index (χ4v) is 4.28. The van der Waals surface area contributed by atoms with Crippen molar-refractivity contribution in [2.24, 2.45) is 0 Å². The smallest absolute Gasteiger partial charge is 0.335 e. The Hall–Kier alpha value is -1.93. The zero-order valence-electron chi connectivity index (χ0n) is 14.3. The van der Waals surface area contributed by atoms with E-state index in [1.165, 1.54) is 12.1 Å². The molecule has 1 saturated heterocycles. The van der Waals surface area contributed by atoms with Crippen LogP contribution in [0.2, 0.25) is 0 Å². The van der Waals surface area contributed by atoms with Crippen LogP contribution in [0.1, 0.15) is 42.1 Å². The second-order valence-corrected chi connectivity index (χ2v) is 8.14. The Labute approximate surface area is 148 Å². The zero-order chi connectivity index (χ0) is 18.4. The molecule has 0 radical (unpaired) electrons. The average molecular weight is 368 g/mol. The molecule has 0 aromatic heterocycles. The molecule has 0 aliphatic carbocycles. The van der Waals surface area contributed by atoms with Crippen LogP contribution in [0.25, 0.3) is 0 Å². The van der Waals surface area contributed by atoms with Crippen LogP contribution in [-0.4, -0.2) is 55.2 Å². The monoisotopic (exact) mass is 368 g/mol. The number of sulfonamides is 1. The first-order valence-corrected chi connectivity index (χ1v) is 10.1. The van der Waals surface area contributed by atoms with Crippen molar-refractivity contribution in [3.63, 3.8) is 0 Å². The number of hydrogen-bond acceptors (Lipinski definition) is 4. The molecule has 1 aromatic carbocycles. The lowest BCUT2D eigenvalue weighted by Gasteiger charge is -2.32. The number of carbonyl (C=O) groups is 2. The van der Waals surface area contributed by atoms with Crippen molar-refractivity contribution in [3.05, 3.63) is 35.4 Å². The number of rotatable bonds is 7. The van der Waals surface area contributed by atoms with Gasteiger partial charge in [0.1, 0.15) is 0 Å². The third kappa shape index (κ3) is 5.82. The van der Waals surface area contributed by atoms with Gasteiger partial charge in [-0.25, -0.2) is 17.9 Å². The topological polar surface area (TPSA) is 104 Å². The normalized spacial score (nSPS) is 16.0. The summed E-state index contributed by atoms with van der Waals surface area (Å²) in [7, 11) is -3.23. The summed E-state index contributed by atoms with van der Waals surface area (Å²) in [5, 5.41) is 8.88. The largest absolute Gasteiger partial charge is 0.478 e. The number of amides is 1. The van der Waals surface area contributed by atoms with Crippen LogP contribution in [0.3, 0.4) is 0 Å². The number of benzene rings is 1. The lowest BCUT2D eigenvalue weighted by molar-refractivity contribution is -0.131. The zero-order valence-corrected chi connectivity index (χ0v) is 15.1. The van der Waals surface area contributed by atoms with E-state index in [-0.39, 0.29) is 29.7 Å². The number of carboxylic acids is 1. The molecule has 1 aliphatic heterocycles. The fourth-order valence-electron chi connectivity index (χ4n) is 2.88. The van der Waals surface area contributed by atoms with Gasteiger partial charge >= 0.3 is 5.97 Å². The highest BCUT2D eigenvalue weighted by Crippen LogP contribution is 2.14. The molecule has 1 aromatic rings. The number of hydrogen-bond donors (Lipinski definition) is 2. The second kappa shape index (κ2) is 8.44. The molecule has 2 rings (SSSR count). The Morgan fingerprint density at radius 3 is 2.32 bits per heavy atom. The summed E-state index contributed by atoms with van der Waals surface area (Å²) in [5.74, 6) is -0.901. The van der Waals surface area contributed by atoms with E-state index in [1.807, 2.05) is 6.92 Å². The van der Waals surface area contributed by atoms with E-state index >= 15 is 0 Å². The van der Waals surface area contributed by atoms with Crippen molar-refractivity contribution >= 4 is 21.9 Å². The predicted molar refractivity (Wildman–Crippen MR) is 93.9 cm³/mol. The maximum absolute atomic E-state index is 12.4. The summed E-state index contributed by atoms with van der Waals surface area (Å²) in [6.45, 7) is 2.86. The van der Waals surface area contributed by atoms with E-state index < -0.39 is 16.0 Å². The van der Waals surface area contributed by atoms with Crippen molar-refractivity contribution in [1.29, 1.82) is 0 Å². The van der Waals surface area contributed by atoms with E-state index in [0.717, 1.165) is 5.56 Å². The molecule has 1 heterocycles. The molecule has 2 N–H and O–H groups in total. The highest BCUT2D eigenvalue weighted by Gasteiger charge is 2.25. The molecule has 0 atom stereocenters. The van der Waals surface area contributed by atoms with Gasteiger partial charge in [-0.3, -0.25) is 4.79 Å². The molecule has 0 spiro atoms. The van der Waals surface area contributed by atoms with E-state index in [0.29, 0.717) is 32.4 Å². The molecule has 1 amide bonds. The van der Waals surface area contributed by atoms with Crippen LogP contribution in [0.4, 0.5) is 0 Å². The Balaban J connectivity index is 1.84. The summed E-state index contributed by atoms with van der Waals surface area (Å²) in [6.07, 6.45) is 2.00. The van der Waals surface area contributed by atoms with Gasteiger partial charge in [-0.2, -0.15) is 0 Å². The Bertz CT molecular complexity index is 707. The molecular formula is C17H24N2O5S. The molecular weight excluding hydrogens is 344 g/mol. The van der Waals surface area contributed by atoms with Gasteiger partial charge in [0.05, 0.1) is 17.7 Å². The van der Waals surface area contributed by atoms with Crippen molar-refractivity contribution < 1.29 is 23.1 Å². The van der Waals surface area contributed by atoms with E-state index in [1.54, 1.807) is 17.0 Å². The van der Waals surface area contributed by atoms with Crippen molar-refractivity contribution in [2.45, 2.75) is 38.6 Å². The Morgan fingerprint density at radius 2 is 1.80 bits per heavy atom. The van der Waals surface area contributed by atoms with Crippen molar-refractivity contribution in [2.75, 3.05) is 18.8 Å². The number of carbonyl (C=O) groups excluding carboxylic acids is 1. The minimum absolute atomic E-state index is 0.0297. The third-order valence-electron chi connectivity index (χ3n) is 4.22. The van der Waals surface area contributed by atoms with E-state index in [2.05, 4.69) is 4.72 Å². The number of aromatic carboxylic acids is 1. The van der Waals surface area contributed by atoms with Gasteiger partial charge in [-0.05, 0) is 37.0 Å². The quantitative estimate of drug-likeness (QED) is 0.754. The van der Waals surface area contributed by atoms with Crippen LogP contribution in [0.15, 0.2) is 24.3 Å². The lowest BCUT2D eigenvalue weighted by atomic mass is 10.0. The number of carboxylic acid groups (broad SMARTS) is 1. The first-order chi connectivity index (χ1) is 11.8. The standard InChI is InChI=1S/C17H24N2O5S/c1-2-11-25(23,24)18-15-7-9-19(10-8-15)16(20)12-13-3-5-14(6-4-13)17(21)22/h3-6,15,18H,2,7-12H2,1H3,(H,21,22). The summed E-state index contributed by atoms with van der Waals surface area (Å²) >= 11 is 0. The van der Waals surface area contributed by atoms with E-state index in [9.17, 15) is 18.0 Å². The SMILES string of the molecule is CCCS(=O)(=O)NC1CCN(C(=O)Cc2ccc(C(=O)O)cc2)CC1. The molecule has 138 valence electrons. The number of nitrogens with zero attached hydrogens (tertiary/aromatic N) is 1. The Kier molecular flexibility index (Phi) is 6.55. The minimum Gasteiger partial charge on any atom is -0.478 e. The molecule has 0 unspecified atom stereocenters. The molecule has 7 nitrogen and oxygen atoms in total. The average Bonchev–Trinajstić information content (AvgIpc) is 2.55. The van der Waals surface area contributed by atoms with Gasteiger partial charge in [0.2, 0.25) is 15.9 Å². The molecule has 0 saturated carbocycles. The fraction of sp³-hybridized carbons (Fsp3) is 0.529. The van der Waals surface area contributed by atoms with Crippen molar-refractivity contribution in [3.8, 4) is 0 Å². The summed E-state index contributed by atoms with van der Waals surface area (Å²) < 4.78 is 26.3. The number of nitrogens with one attached hydrogen (secondary N) is 1. The van der Waals surface area contributed by atoms with Crippen LogP contribution >= 0.6 is 0 Å². The first kappa shape index (κ1) is 19.4. The second-order valence-electron chi connectivity index (χ2n) is 6.27. The highest BCUT2D eigenvalue weighted by molar-refractivity contribution is 7.89. The molecule has 0 bridgehead atoms. The number of likely N-dealkylation sites (tertiary alicyclic amines) is 1. The molecule has 1 aliphatic rings. The molecule has 1 fully saturated rings. The first-order valence-electron chi connectivity index (χ1n) is 8.40. The minimum atomic E-state index is -3.23. The summed E-state index contributed by atoms with van der Waals surface area (Å²) in [4.78, 5) is 24.9. The van der Waals surface area contributed by atoms with Gasteiger partial charge < -0.3 is 10.0 Å². The van der Waals surface area contributed by atoms with Gasteiger partial charge in [0.15, 0.2) is 0 Å². The van der Waals surface area contributed by atoms with Crippen LogP contribution < -0.4 is 4.72 Å². The summed E-state index contributed by atoms with van der Waals surface area (Å²) in [5.41, 5.74) is 0.956. The molecule has 8 heteroatoms. The van der Waals surface area contributed by atoms with Gasteiger partial charge in [0.25, 0.3) is 0 Å². The van der Waals surface area contributed by atoms with Crippen LogP contribution in [-0.2, 0) is 21.2 Å². The highest BCUT2D eigenvalue weighted by atomic mass is 32.2. The van der Waals surface area contributed by atoms with Gasteiger partial charge in [-0.15, -0.1) is 0 Å². The van der Waals surface area contributed by atoms with E-state index in [4.69, 9.17) is 5.11 Å². The predicted octanol–water partition coefficient (Wildman–Crippen LogP) is 1.25. The summed E-state index contributed by atoms with van der Waals surface area (Å²) in [6, 6.07) is 6.15. The third-order valence-corrected chi connectivity index (χ3v) is 5.86. The van der Waals surface area contributed by atoms with Crippen LogP contribution in [0.5, 0.6) is 0 Å². The maximum Gasteiger partial charge on any atom is 0.335 e. The number of piperidine rings is 1. The van der Waals surface area contributed by atoms with Gasteiger partial charge in [-0.1, -0.05) is 19.1 Å². The lowest BCUT2D eigenvalue weighted by Crippen LogP contribution is -2.47. The molecule has 25 heavy (non-hydrogen) atoms. The van der Waals surface area contributed by atoms with Crippen LogP contribution in [0, 0.1) is 0 Å². The maximum atomic E-state index is 12.4. The Morgan fingerprint density at radius 1 is 1.20 bits per heavy atom. The van der Waals surface area contributed by atoms with Gasteiger partial charge in [0, 0.05) is 19.1 Å². The van der Waals surface area contributed by atoms with Crippen molar-refractivity contribution in [1.82, 2.24) is 9.62 Å².